The molecule has 0 aliphatic carbocycles. The Labute approximate surface area is 182 Å². The van der Waals surface area contributed by atoms with Crippen LogP contribution >= 0.6 is 11.6 Å². The first-order chi connectivity index (χ1) is 14.1. The SMILES string of the molecule is COc1ccc(N(C)S(=O)(=O)c2ccc(Cl)c(C(=O)N3CC(C)OC(C)C3)c2)cc1. The normalized spacial score (nSPS) is 19.4. The number of hydrogen-bond donors (Lipinski definition) is 0. The largest absolute Gasteiger partial charge is 0.497 e. The molecule has 2 atom stereocenters. The van der Waals surface area contributed by atoms with Crippen molar-refractivity contribution in [1.82, 2.24) is 4.90 Å². The van der Waals surface area contributed by atoms with Crippen LogP contribution in [0.3, 0.4) is 0 Å². The summed E-state index contributed by atoms with van der Waals surface area (Å²) in [5, 5.41) is 0.206. The van der Waals surface area contributed by atoms with Crippen LogP contribution in [0.1, 0.15) is 24.2 Å². The van der Waals surface area contributed by atoms with Crippen molar-refractivity contribution in [2.24, 2.45) is 0 Å². The van der Waals surface area contributed by atoms with Crippen LogP contribution < -0.4 is 9.04 Å². The number of rotatable bonds is 5. The number of carbonyl (C=O) groups excluding carboxylic acids is 1. The predicted octanol–water partition coefficient (Wildman–Crippen LogP) is 3.42. The second-order valence-electron chi connectivity index (χ2n) is 7.28. The lowest BCUT2D eigenvalue weighted by Gasteiger charge is -2.35. The van der Waals surface area contributed by atoms with Crippen LogP contribution in [0.4, 0.5) is 5.69 Å². The highest BCUT2D eigenvalue weighted by atomic mass is 35.5. The van der Waals surface area contributed by atoms with Crippen LogP contribution in [0.15, 0.2) is 47.4 Å². The number of carbonyl (C=O) groups is 1. The van der Waals surface area contributed by atoms with Gasteiger partial charge in [-0.25, -0.2) is 8.42 Å². The quantitative estimate of drug-likeness (QED) is 0.694. The molecule has 9 heteroatoms. The molecule has 0 radical (unpaired) electrons. The summed E-state index contributed by atoms with van der Waals surface area (Å²) in [6, 6.07) is 10.8. The predicted molar refractivity (Wildman–Crippen MR) is 116 cm³/mol. The van der Waals surface area contributed by atoms with Crippen LogP contribution in [0.25, 0.3) is 0 Å². The summed E-state index contributed by atoms with van der Waals surface area (Å²) < 4.78 is 38.3. The molecule has 1 heterocycles. The lowest BCUT2D eigenvalue weighted by molar-refractivity contribution is -0.0586. The van der Waals surface area contributed by atoms with Crippen molar-refractivity contribution in [2.75, 3.05) is 31.6 Å². The maximum absolute atomic E-state index is 13.2. The molecule has 3 rings (SSSR count). The molecule has 1 aliphatic rings. The number of halogens is 1. The highest BCUT2D eigenvalue weighted by molar-refractivity contribution is 7.92. The number of ether oxygens (including phenoxy) is 2. The van der Waals surface area contributed by atoms with Crippen molar-refractivity contribution < 1.29 is 22.7 Å². The molecule has 2 aromatic carbocycles. The molecule has 162 valence electrons. The van der Waals surface area contributed by atoms with Crippen LogP contribution in [0.5, 0.6) is 5.75 Å². The monoisotopic (exact) mass is 452 g/mol. The van der Waals surface area contributed by atoms with Gasteiger partial charge in [0, 0.05) is 20.1 Å². The van der Waals surface area contributed by atoms with Gasteiger partial charge in [-0.2, -0.15) is 0 Å². The average Bonchev–Trinajstić information content (AvgIpc) is 2.72. The number of amides is 1. The minimum atomic E-state index is -3.90. The van der Waals surface area contributed by atoms with Gasteiger partial charge >= 0.3 is 0 Å². The molecule has 0 spiro atoms. The molecule has 30 heavy (non-hydrogen) atoms. The van der Waals surface area contributed by atoms with Crippen molar-refractivity contribution in [3.05, 3.63) is 53.1 Å². The van der Waals surface area contributed by atoms with Crippen molar-refractivity contribution >= 4 is 33.2 Å². The van der Waals surface area contributed by atoms with Crippen molar-refractivity contribution in [3.8, 4) is 5.75 Å². The molecule has 0 saturated carbocycles. The summed E-state index contributed by atoms with van der Waals surface area (Å²) in [6.07, 6.45) is -0.214. The van der Waals surface area contributed by atoms with Gasteiger partial charge in [0.15, 0.2) is 0 Å². The molecule has 2 aromatic rings. The Morgan fingerprint density at radius 2 is 1.73 bits per heavy atom. The van der Waals surface area contributed by atoms with E-state index >= 15 is 0 Å². The van der Waals surface area contributed by atoms with Gasteiger partial charge in [-0.1, -0.05) is 11.6 Å². The third-order valence-corrected chi connectivity index (χ3v) is 7.08. The van der Waals surface area contributed by atoms with Crippen molar-refractivity contribution in [1.29, 1.82) is 0 Å². The summed E-state index contributed by atoms with van der Waals surface area (Å²) in [5.74, 6) is 0.309. The number of nitrogens with zero attached hydrogens (tertiary/aromatic N) is 2. The van der Waals surface area contributed by atoms with Crippen molar-refractivity contribution in [2.45, 2.75) is 31.0 Å². The topological polar surface area (TPSA) is 76.2 Å². The molecule has 1 saturated heterocycles. The molecule has 0 bridgehead atoms. The Balaban J connectivity index is 1.91. The molecule has 1 fully saturated rings. The number of methoxy groups -OCH3 is 1. The minimum Gasteiger partial charge on any atom is -0.497 e. The highest BCUT2D eigenvalue weighted by Crippen LogP contribution is 2.28. The molecule has 1 amide bonds. The summed E-state index contributed by atoms with van der Waals surface area (Å²) in [7, 11) is -0.902. The van der Waals surface area contributed by atoms with Crippen molar-refractivity contribution in [3.63, 3.8) is 0 Å². The number of hydrogen-bond acceptors (Lipinski definition) is 5. The third kappa shape index (κ3) is 4.55. The fourth-order valence-corrected chi connectivity index (χ4v) is 4.85. The van der Waals surface area contributed by atoms with Gasteiger partial charge in [0.05, 0.1) is 40.5 Å². The first-order valence-corrected chi connectivity index (χ1v) is 11.3. The Morgan fingerprint density at radius 1 is 1.13 bits per heavy atom. The fourth-order valence-electron chi connectivity index (χ4n) is 3.43. The van der Waals surface area contributed by atoms with Gasteiger partial charge in [0.1, 0.15) is 5.75 Å². The molecular formula is C21H25ClN2O5S. The third-order valence-electron chi connectivity index (χ3n) is 4.97. The van der Waals surface area contributed by atoms with E-state index in [0.29, 0.717) is 24.5 Å². The Hall–Kier alpha value is -2.29. The minimum absolute atomic E-state index is 0.0112. The van der Waals surface area contributed by atoms with Gasteiger partial charge in [0.2, 0.25) is 0 Å². The smallest absolute Gasteiger partial charge is 0.264 e. The second kappa shape index (κ2) is 8.83. The first kappa shape index (κ1) is 22.4. The second-order valence-corrected chi connectivity index (χ2v) is 9.66. The summed E-state index contributed by atoms with van der Waals surface area (Å²) in [5.41, 5.74) is 0.622. The van der Waals surface area contributed by atoms with Crippen LogP contribution in [0, 0.1) is 0 Å². The van der Waals surface area contributed by atoms with Crippen LogP contribution in [-0.2, 0) is 14.8 Å². The number of morpholine rings is 1. The standard InChI is InChI=1S/C21H25ClN2O5S/c1-14-12-24(13-15(2)29-14)21(25)19-11-18(9-10-20(19)22)30(26,27)23(3)16-5-7-17(28-4)8-6-16/h5-11,14-15H,12-13H2,1-4H3. The average molecular weight is 453 g/mol. The summed E-state index contributed by atoms with van der Waals surface area (Å²) in [6.45, 7) is 4.62. The van der Waals surface area contributed by atoms with E-state index in [2.05, 4.69) is 0 Å². The van der Waals surface area contributed by atoms with Gasteiger partial charge in [-0.15, -0.1) is 0 Å². The molecule has 0 N–H and O–H groups in total. The fraction of sp³-hybridized carbons (Fsp3) is 0.381. The molecule has 1 aliphatic heterocycles. The zero-order chi connectivity index (χ0) is 22.1. The summed E-state index contributed by atoms with van der Waals surface area (Å²) >= 11 is 6.26. The van der Waals surface area contributed by atoms with Gasteiger partial charge in [-0.3, -0.25) is 9.10 Å². The Morgan fingerprint density at radius 3 is 2.30 bits per heavy atom. The lowest BCUT2D eigenvalue weighted by Crippen LogP contribution is -2.48. The summed E-state index contributed by atoms with van der Waals surface area (Å²) in [4.78, 5) is 14.7. The van der Waals surface area contributed by atoms with Gasteiger partial charge in [-0.05, 0) is 56.3 Å². The maximum atomic E-state index is 13.2. The van der Waals surface area contributed by atoms with E-state index in [-0.39, 0.29) is 33.6 Å². The molecule has 7 nitrogen and oxygen atoms in total. The molecule has 2 unspecified atom stereocenters. The lowest BCUT2D eigenvalue weighted by atomic mass is 10.1. The van der Waals surface area contributed by atoms with E-state index in [1.165, 1.54) is 32.4 Å². The number of anilines is 1. The number of benzene rings is 2. The van der Waals surface area contributed by atoms with Crippen LogP contribution in [-0.4, -0.2) is 58.7 Å². The van der Waals surface area contributed by atoms with E-state index < -0.39 is 10.0 Å². The molecular weight excluding hydrogens is 428 g/mol. The van der Waals surface area contributed by atoms with E-state index in [1.807, 2.05) is 13.8 Å². The van der Waals surface area contributed by atoms with E-state index in [0.717, 1.165) is 4.31 Å². The van der Waals surface area contributed by atoms with Gasteiger partial charge in [0.25, 0.3) is 15.9 Å². The Kier molecular flexibility index (Phi) is 6.59. The van der Waals surface area contributed by atoms with E-state index in [4.69, 9.17) is 21.1 Å². The van der Waals surface area contributed by atoms with Gasteiger partial charge < -0.3 is 14.4 Å². The number of sulfonamides is 1. The molecule has 0 aromatic heterocycles. The first-order valence-electron chi connectivity index (χ1n) is 9.50. The maximum Gasteiger partial charge on any atom is 0.264 e. The Bertz CT molecular complexity index is 1020. The zero-order valence-corrected chi connectivity index (χ0v) is 18.9. The zero-order valence-electron chi connectivity index (χ0n) is 17.3. The van der Waals surface area contributed by atoms with Crippen LogP contribution in [0.2, 0.25) is 5.02 Å². The van der Waals surface area contributed by atoms with E-state index in [9.17, 15) is 13.2 Å². The van der Waals surface area contributed by atoms with E-state index in [1.54, 1.807) is 29.2 Å². The highest BCUT2D eigenvalue weighted by Gasteiger charge is 2.29.